The van der Waals surface area contributed by atoms with E-state index in [1.807, 2.05) is 14.0 Å². The molecule has 5 heteroatoms. The van der Waals surface area contributed by atoms with E-state index in [-0.39, 0.29) is 24.0 Å². The second-order valence-corrected chi connectivity index (χ2v) is 6.53. The minimum absolute atomic E-state index is 0. The number of unbranched alkanes of at least 4 members (excludes halogenated alkanes) is 1. The summed E-state index contributed by atoms with van der Waals surface area (Å²) in [7, 11) is 1.85. The lowest BCUT2D eigenvalue weighted by atomic mass is 9.85. The summed E-state index contributed by atoms with van der Waals surface area (Å²) in [6, 6.07) is 0.497. The molecule has 0 saturated heterocycles. The topological polar surface area (TPSA) is 45.6 Å². The van der Waals surface area contributed by atoms with Crippen LogP contribution in [0.2, 0.25) is 0 Å². The standard InChI is InChI=1S/C18H37N3O.HI/c1-4-22-15-9-8-14-20-18(19-3)21-16(2)12-13-17-10-6-5-7-11-17;/h16-17H,4-15H2,1-3H3,(H2,19,20,21);1H. The van der Waals surface area contributed by atoms with Crippen LogP contribution in [-0.4, -0.2) is 38.8 Å². The van der Waals surface area contributed by atoms with E-state index >= 15 is 0 Å². The predicted octanol–water partition coefficient (Wildman–Crippen LogP) is 4.34. The van der Waals surface area contributed by atoms with Crippen molar-refractivity contribution in [3.63, 3.8) is 0 Å². The molecular weight excluding hydrogens is 401 g/mol. The van der Waals surface area contributed by atoms with E-state index in [0.29, 0.717) is 6.04 Å². The van der Waals surface area contributed by atoms with Gasteiger partial charge in [0.1, 0.15) is 0 Å². The lowest BCUT2D eigenvalue weighted by molar-refractivity contribution is 0.143. The Bertz CT molecular complexity index is 294. The van der Waals surface area contributed by atoms with Gasteiger partial charge in [0.05, 0.1) is 0 Å². The molecule has 138 valence electrons. The number of guanidine groups is 1. The molecule has 0 aromatic rings. The zero-order chi connectivity index (χ0) is 16.0. The molecule has 1 unspecified atom stereocenters. The van der Waals surface area contributed by atoms with E-state index in [9.17, 15) is 0 Å². The van der Waals surface area contributed by atoms with Crippen LogP contribution < -0.4 is 10.6 Å². The monoisotopic (exact) mass is 439 g/mol. The molecule has 1 fully saturated rings. The number of halogens is 1. The Balaban J connectivity index is 0.00000484. The molecule has 0 aromatic heterocycles. The van der Waals surface area contributed by atoms with Crippen molar-refractivity contribution in [3.8, 4) is 0 Å². The number of nitrogens with zero attached hydrogens (tertiary/aromatic N) is 1. The van der Waals surface area contributed by atoms with Gasteiger partial charge in [0.25, 0.3) is 0 Å². The number of hydrogen-bond acceptors (Lipinski definition) is 2. The summed E-state index contributed by atoms with van der Waals surface area (Å²) >= 11 is 0. The zero-order valence-electron chi connectivity index (χ0n) is 15.4. The summed E-state index contributed by atoms with van der Waals surface area (Å²) in [6.45, 7) is 6.95. The highest BCUT2D eigenvalue weighted by atomic mass is 127. The number of rotatable bonds is 10. The van der Waals surface area contributed by atoms with Gasteiger partial charge in [-0.15, -0.1) is 24.0 Å². The molecule has 1 aliphatic rings. The Hall–Kier alpha value is -0.0400. The molecule has 0 amide bonds. The van der Waals surface area contributed by atoms with E-state index in [0.717, 1.165) is 44.5 Å². The van der Waals surface area contributed by atoms with Crippen LogP contribution in [-0.2, 0) is 4.74 Å². The number of aliphatic imine (C=N–C) groups is 1. The van der Waals surface area contributed by atoms with E-state index in [4.69, 9.17) is 4.74 Å². The molecule has 4 nitrogen and oxygen atoms in total. The Morgan fingerprint density at radius 1 is 1.22 bits per heavy atom. The van der Waals surface area contributed by atoms with Gasteiger partial charge < -0.3 is 15.4 Å². The largest absolute Gasteiger partial charge is 0.382 e. The van der Waals surface area contributed by atoms with E-state index < -0.39 is 0 Å². The van der Waals surface area contributed by atoms with Gasteiger partial charge in [0.15, 0.2) is 5.96 Å². The highest BCUT2D eigenvalue weighted by Crippen LogP contribution is 2.27. The van der Waals surface area contributed by atoms with Crippen molar-refractivity contribution in [2.24, 2.45) is 10.9 Å². The number of nitrogens with one attached hydrogen (secondary N) is 2. The molecular formula is C18H38IN3O. The lowest BCUT2D eigenvalue weighted by Crippen LogP contribution is -2.42. The number of hydrogen-bond donors (Lipinski definition) is 2. The summed E-state index contributed by atoms with van der Waals surface area (Å²) in [5, 5.41) is 6.91. The Kier molecular flexibility index (Phi) is 15.5. The van der Waals surface area contributed by atoms with Gasteiger partial charge in [-0.2, -0.15) is 0 Å². The molecule has 1 aliphatic carbocycles. The predicted molar refractivity (Wildman–Crippen MR) is 111 cm³/mol. The molecule has 0 radical (unpaired) electrons. The first kappa shape index (κ1) is 23.0. The smallest absolute Gasteiger partial charge is 0.191 e. The van der Waals surface area contributed by atoms with Crippen molar-refractivity contribution >= 4 is 29.9 Å². The van der Waals surface area contributed by atoms with Crippen LogP contribution in [0.5, 0.6) is 0 Å². The number of ether oxygens (including phenoxy) is 1. The summed E-state index contributed by atoms with van der Waals surface area (Å²) in [5.41, 5.74) is 0. The first-order valence-corrected chi connectivity index (χ1v) is 9.31. The second-order valence-electron chi connectivity index (χ2n) is 6.53. The highest BCUT2D eigenvalue weighted by molar-refractivity contribution is 14.0. The first-order valence-electron chi connectivity index (χ1n) is 9.31. The normalized spacial score (nSPS) is 17.4. The molecule has 1 rings (SSSR count). The van der Waals surface area contributed by atoms with Crippen LogP contribution in [0.1, 0.15) is 71.6 Å². The summed E-state index contributed by atoms with van der Waals surface area (Å²) in [6.07, 6.45) is 12.1. The third-order valence-electron chi connectivity index (χ3n) is 4.55. The summed E-state index contributed by atoms with van der Waals surface area (Å²) < 4.78 is 5.35. The molecule has 0 heterocycles. The van der Waals surface area contributed by atoms with Gasteiger partial charge in [0.2, 0.25) is 0 Å². The van der Waals surface area contributed by atoms with Crippen LogP contribution in [0.4, 0.5) is 0 Å². The lowest BCUT2D eigenvalue weighted by Gasteiger charge is -2.24. The minimum Gasteiger partial charge on any atom is -0.382 e. The van der Waals surface area contributed by atoms with Crippen molar-refractivity contribution in [3.05, 3.63) is 0 Å². The van der Waals surface area contributed by atoms with Crippen molar-refractivity contribution < 1.29 is 4.74 Å². The Morgan fingerprint density at radius 3 is 2.61 bits per heavy atom. The Labute approximate surface area is 160 Å². The van der Waals surface area contributed by atoms with Crippen molar-refractivity contribution in [2.75, 3.05) is 26.8 Å². The van der Waals surface area contributed by atoms with Crippen molar-refractivity contribution in [2.45, 2.75) is 77.7 Å². The second kappa shape index (κ2) is 15.5. The van der Waals surface area contributed by atoms with Gasteiger partial charge in [-0.05, 0) is 45.4 Å². The van der Waals surface area contributed by atoms with Crippen LogP contribution in [0.15, 0.2) is 4.99 Å². The molecule has 0 spiro atoms. The molecule has 0 bridgehead atoms. The average molecular weight is 439 g/mol. The van der Waals surface area contributed by atoms with Crippen LogP contribution >= 0.6 is 24.0 Å². The third-order valence-corrected chi connectivity index (χ3v) is 4.55. The quantitative estimate of drug-likeness (QED) is 0.231. The summed E-state index contributed by atoms with van der Waals surface area (Å²) in [4.78, 5) is 4.32. The van der Waals surface area contributed by atoms with Gasteiger partial charge in [0, 0.05) is 32.8 Å². The van der Waals surface area contributed by atoms with E-state index in [2.05, 4.69) is 22.5 Å². The molecule has 23 heavy (non-hydrogen) atoms. The fourth-order valence-corrected chi connectivity index (χ4v) is 3.14. The molecule has 1 saturated carbocycles. The molecule has 0 aliphatic heterocycles. The maximum atomic E-state index is 5.35. The van der Waals surface area contributed by atoms with Gasteiger partial charge in [-0.25, -0.2) is 0 Å². The SMILES string of the molecule is CCOCCCCNC(=NC)NC(C)CCC1CCCCC1.I. The maximum Gasteiger partial charge on any atom is 0.191 e. The summed E-state index contributed by atoms with van der Waals surface area (Å²) in [5.74, 6) is 1.90. The first-order chi connectivity index (χ1) is 10.8. The van der Waals surface area contributed by atoms with Crippen molar-refractivity contribution in [1.29, 1.82) is 0 Å². The highest BCUT2D eigenvalue weighted by Gasteiger charge is 2.14. The molecule has 2 N–H and O–H groups in total. The average Bonchev–Trinajstić information content (AvgIpc) is 2.56. The van der Waals surface area contributed by atoms with Crippen LogP contribution in [0, 0.1) is 5.92 Å². The van der Waals surface area contributed by atoms with Crippen molar-refractivity contribution in [1.82, 2.24) is 10.6 Å². The maximum absolute atomic E-state index is 5.35. The zero-order valence-corrected chi connectivity index (χ0v) is 17.7. The minimum atomic E-state index is 0. The van der Waals surface area contributed by atoms with E-state index in [1.165, 1.54) is 44.9 Å². The van der Waals surface area contributed by atoms with Gasteiger partial charge in [-0.1, -0.05) is 32.1 Å². The molecule has 1 atom stereocenters. The third kappa shape index (κ3) is 12.0. The van der Waals surface area contributed by atoms with E-state index in [1.54, 1.807) is 0 Å². The van der Waals surface area contributed by atoms with Gasteiger partial charge in [-0.3, -0.25) is 4.99 Å². The Morgan fingerprint density at radius 2 is 1.96 bits per heavy atom. The van der Waals surface area contributed by atoms with Gasteiger partial charge >= 0.3 is 0 Å². The van der Waals surface area contributed by atoms with Crippen LogP contribution in [0.3, 0.4) is 0 Å². The molecule has 0 aromatic carbocycles. The fourth-order valence-electron chi connectivity index (χ4n) is 3.14. The fraction of sp³-hybridized carbons (Fsp3) is 0.944. The van der Waals surface area contributed by atoms with Crippen LogP contribution in [0.25, 0.3) is 0 Å².